The Morgan fingerprint density at radius 2 is 2.22 bits per heavy atom. The van der Waals surface area contributed by atoms with Crippen LogP contribution in [0.1, 0.15) is 12.8 Å². The summed E-state index contributed by atoms with van der Waals surface area (Å²) in [5.74, 6) is 0.150. The maximum absolute atomic E-state index is 13.7. The minimum absolute atomic E-state index is 0.315. The maximum atomic E-state index is 13.7. The third-order valence-corrected chi connectivity index (χ3v) is 3.27. The van der Waals surface area contributed by atoms with Crippen molar-refractivity contribution in [2.24, 2.45) is 0 Å². The van der Waals surface area contributed by atoms with Gasteiger partial charge in [0.15, 0.2) is 0 Å². The van der Waals surface area contributed by atoms with E-state index in [9.17, 15) is 4.39 Å². The fourth-order valence-electron chi connectivity index (χ4n) is 1.95. The minimum atomic E-state index is -0.345. The molecule has 18 heavy (non-hydrogen) atoms. The molecule has 2 rings (SSSR count). The van der Waals surface area contributed by atoms with Gasteiger partial charge in [-0.25, -0.2) is 4.39 Å². The van der Waals surface area contributed by atoms with Crippen molar-refractivity contribution in [3.05, 3.63) is 17.9 Å². The molecule has 4 nitrogen and oxygen atoms in total. The minimum Gasteiger partial charge on any atom is -0.495 e. The Bertz CT molecular complexity index is 421. The van der Waals surface area contributed by atoms with E-state index < -0.39 is 0 Å². The third kappa shape index (κ3) is 3.04. The summed E-state index contributed by atoms with van der Waals surface area (Å²) in [4.78, 5) is 2.29. The monoisotopic (exact) mass is 253 g/mol. The molecule has 3 N–H and O–H groups in total. The van der Waals surface area contributed by atoms with E-state index in [1.54, 1.807) is 6.07 Å². The molecule has 0 heterocycles. The van der Waals surface area contributed by atoms with Crippen molar-refractivity contribution < 1.29 is 9.13 Å². The Balaban J connectivity index is 1.91. The summed E-state index contributed by atoms with van der Waals surface area (Å²) in [6.45, 7) is 1.60. The van der Waals surface area contributed by atoms with Crippen LogP contribution in [0.15, 0.2) is 12.1 Å². The molecule has 0 aliphatic heterocycles. The number of nitrogens with two attached hydrogens (primary N) is 1. The number of likely N-dealkylation sites (N-methyl/N-ethyl adjacent to an activating group) is 1. The number of ether oxygens (including phenoxy) is 1. The predicted molar refractivity (Wildman–Crippen MR) is 71.5 cm³/mol. The molecule has 0 amide bonds. The molecule has 0 spiro atoms. The number of methoxy groups -OCH3 is 1. The maximum Gasteiger partial charge on any atom is 0.148 e. The summed E-state index contributed by atoms with van der Waals surface area (Å²) in [6.07, 6.45) is 2.56. The van der Waals surface area contributed by atoms with Crippen LogP contribution >= 0.6 is 0 Å². The summed E-state index contributed by atoms with van der Waals surface area (Å²) < 4.78 is 18.7. The Labute approximate surface area is 107 Å². The molecule has 1 aliphatic carbocycles. The highest BCUT2D eigenvalue weighted by Crippen LogP contribution is 2.28. The van der Waals surface area contributed by atoms with Gasteiger partial charge in [-0.05, 0) is 19.9 Å². The highest BCUT2D eigenvalue weighted by atomic mass is 19.1. The second-order valence-corrected chi connectivity index (χ2v) is 4.71. The SMILES string of the molecule is COc1cc(NCCN(C)C2CC2)c(F)cc1N. The fourth-order valence-corrected chi connectivity index (χ4v) is 1.95. The first-order valence-electron chi connectivity index (χ1n) is 6.19. The van der Waals surface area contributed by atoms with Crippen molar-refractivity contribution in [1.82, 2.24) is 4.90 Å². The van der Waals surface area contributed by atoms with Gasteiger partial charge in [-0.1, -0.05) is 0 Å². The van der Waals surface area contributed by atoms with E-state index in [2.05, 4.69) is 17.3 Å². The van der Waals surface area contributed by atoms with Gasteiger partial charge >= 0.3 is 0 Å². The van der Waals surface area contributed by atoms with Gasteiger partial charge in [-0.15, -0.1) is 0 Å². The Kier molecular flexibility index (Phi) is 3.91. The molecule has 0 unspecified atom stereocenters. The average Bonchev–Trinajstić information content (AvgIpc) is 3.15. The first kappa shape index (κ1) is 13.0. The zero-order chi connectivity index (χ0) is 13.1. The van der Waals surface area contributed by atoms with Crippen LogP contribution in [0, 0.1) is 5.82 Å². The molecule has 0 atom stereocenters. The number of nitrogen functional groups attached to an aromatic ring is 1. The number of anilines is 2. The van der Waals surface area contributed by atoms with Crippen molar-refractivity contribution in [2.75, 3.05) is 38.3 Å². The summed E-state index contributed by atoms with van der Waals surface area (Å²) >= 11 is 0. The smallest absolute Gasteiger partial charge is 0.148 e. The van der Waals surface area contributed by atoms with Crippen LogP contribution in [0.4, 0.5) is 15.8 Å². The van der Waals surface area contributed by atoms with Gasteiger partial charge in [-0.3, -0.25) is 0 Å². The van der Waals surface area contributed by atoms with Gasteiger partial charge in [0.25, 0.3) is 0 Å². The van der Waals surface area contributed by atoms with Crippen molar-refractivity contribution in [2.45, 2.75) is 18.9 Å². The van der Waals surface area contributed by atoms with Crippen LogP contribution in [0.2, 0.25) is 0 Å². The average molecular weight is 253 g/mol. The molecule has 0 radical (unpaired) electrons. The largest absolute Gasteiger partial charge is 0.495 e. The fraction of sp³-hybridized carbons (Fsp3) is 0.538. The lowest BCUT2D eigenvalue weighted by atomic mass is 10.2. The van der Waals surface area contributed by atoms with Crippen LogP contribution in [-0.4, -0.2) is 38.2 Å². The number of nitrogens with one attached hydrogen (secondary N) is 1. The Hall–Kier alpha value is -1.49. The first-order chi connectivity index (χ1) is 8.61. The highest BCUT2D eigenvalue weighted by Gasteiger charge is 2.25. The quantitative estimate of drug-likeness (QED) is 0.761. The van der Waals surface area contributed by atoms with Crippen molar-refractivity contribution in [1.29, 1.82) is 0 Å². The van der Waals surface area contributed by atoms with E-state index in [0.717, 1.165) is 12.6 Å². The molecular formula is C13H20FN3O. The van der Waals surface area contributed by atoms with Crippen LogP contribution in [0.5, 0.6) is 5.75 Å². The molecule has 0 bridgehead atoms. The predicted octanol–water partition coefficient (Wildman–Crippen LogP) is 1.92. The molecule has 1 saturated carbocycles. The third-order valence-electron chi connectivity index (χ3n) is 3.27. The molecule has 5 heteroatoms. The second kappa shape index (κ2) is 5.44. The van der Waals surface area contributed by atoms with Crippen molar-refractivity contribution >= 4 is 11.4 Å². The Morgan fingerprint density at radius 3 is 2.83 bits per heavy atom. The van der Waals surface area contributed by atoms with Gasteiger partial charge in [0.05, 0.1) is 18.5 Å². The number of nitrogens with zero attached hydrogens (tertiary/aromatic N) is 1. The van der Waals surface area contributed by atoms with E-state index in [-0.39, 0.29) is 5.82 Å². The summed E-state index contributed by atoms with van der Waals surface area (Å²) in [5.41, 5.74) is 6.38. The molecule has 100 valence electrons. The molecule has 0 saturated heterocycles. The zero-order valence-corrected chi connectivity index (χ0v) is 10.9. The van der Waals surface area contributed by atoms with Crippen LogP contribution in [-0.2, 0) is 0 Å². The molecule has 1 fully saturated rings. The van der Waals surface area contributed by atoms with E-state index in [1.807, 2.05) is 0 Å². The number of rotatable bonds is 6. The van der Waals surface area contributed by atoms with Crippen LogP contribution in [0.3, 0.4) is 0 Å². The summed E-state index contributed by atoms with van der Waals surface area (Å²) in [5, 5.41) is 3.08. The van der Waals surface area contributed by atoms with E-state index >= 15 is 0 Å². The van der Waals surface area contributed by atoms with Gasteiger partial charge in [0.1, 0.15) is 11.6 Å². The van der Waals surface area contributed by atoms with Crippen molar-refractivity contribution in [3.63, 3.8) is 0 Å². The summed E-state index contributed by atoms with van der Waals surface area (Å²) in [6, 6.07) is 3.60. The van der Waals surface area contributed by atoms with E-state index in [0.29, 0.717) is 23.7 Å². The van der Waals surface area contributed by atoms with Gasteiger partial charge in [0.2, 0.25) is 0 Å². The van der Waals surface area contributed by atoms with E-state index in [4.69, 9.17) is 10.5 Å². The van der Waals surface area contributed by atoms with E-state index in [1.165, 1.54) is 26.0 Å². The lowest BCUT2D eigenvalue weighted by molar-refractivity contribution is 0.337. The van der Waals surface area contributed by atoms with Crippen LogP contribution in [0.25, 0.3) is 0 Å². The first-order valence-corrected chi connectivity index (χ1v) is 6.19. The van der Waals surface area contributed by atoms with Gasteiger partial charge < -0.3 is 20.7 Å². The molecule has 1 aromatic rings. The molecule has 1 aromatic carbocycles. The van der Waals surface area contributed by atoms with Crippen LogP contribution < -0.4 is 15.8 Å². The molecule has 1 aliphatic rings. The molecular weight excluding hydrogens is 233 g/mol. The number of hydrogen-bond donors (Lipinski definition) is 2. The second-order valence-electron chi connectivity index (χ2n) is 4.71. The summed E-state index contributed by atoms with van der Waals surface area (Å²) in [7, 11) is 3.62. The number of benzene rings is 1. The topological polar surface area (TPSA) is 50.5 Å². The normalized spacial score (nSPS) is 14.9. The highest BCUT2D eigenvalue weighted by molar-refractivity contribution is 5.62. The van der Waals surface area contributed by atoms with Gasteiger partial charge in [0, 0.05) is 31.3 Å². The zero-order valence-electron chi connectivity index (χ0n) is 10.9. The molecule has 0 aromatic heterocycles. The standard InChI is InChI=1S/C13H20FN3O/c1-17(9-3-4-9)6-5-16-12-8-13(18-2)11(15)7-10(12)14/h7-9,16H,3-6,15H2,1-2H3. The lowest BCUT2D eigenvalue weighted by Gasteiger charge is -2.17. The number of halogens is 1. The lowest BCUT2D eigenvalue weighted by Crippen LogP contribution is -2.27. The number of hydrogen-bond acceptors (Lipinski definition) is 4. The van der Waals surface area contributed by atoms with Gasteiger partial charge in [-0.2, -0.15) is 0 Å². The van der Waals surface area contributed by atoms with Crippen molar-refractivity contribution in [3.8, 4) is 5.75 Å². The Morgan fingerprint density at radius 1 is 1.50 bits per heavy atom.